The van der Waals surface area contributed by atoms with E-state index in [0.29, 0.717) is 6.61 Å². The zero-order valence-corrected chi connectivity index (χ0v) is 11.3. The van der Waals surface area contributed by atoms with Crippen molar-refractivity contribution in [2.24, 2.45) is 0 Å². The minimum Gasteiger partial charge on any atom is -0.466 e. The molecule has 1 aromatic carbocycles. The van der Waals surface area contributed by atoms with Crippen LogP contribution in [0.5, 0.6) is 0 Å². The molecule has 0 bridgehead atoms. The van der Waals surface area contributed by atoms with Crippen LogP contribution < -0.4 is 5.32 Å². The Morgan fingerprint density at radius 3 is 2.53 bits per heavy atom. The average Bonchev–Trinajstić information content (AvgIpc) is 2.79. The number of rotatable bonds is 2. The number of morpholine rings is 1. The predicted molar refractivity (Wildman–Crippen MR) is 74.1 cm³/mol. The Kier molecular flexibility index (Phi) is 3.40. The van der Waals surface area contributed by atoms with Crippen molar-refractivity contribution >= 4 is 0 Å². The van der Waals surface area contributed by atoms with Crippen LogP contribution in [0, 0.1) is 13.8 Å². The van der Waals surface area contributed by atoms with Crippen LogP contribution in [0.3, 0.4) is 0 Å². The zero-order valence-electron chi connectivity index (χ0n) is 11.3. The van der Waals surface area contributed by atoms with Crippen molar-refractivity contribution < 1.29 is 9.15 Å². The van der Waals surface area contributed by atoms with Gasteiger partial charge in [-0.1, -0.05) is 30.3 Å². The van der Waals surface area contributed by atoms with Crippen LogP contribution in [0.15, 0.2) is 40.8 Å². The van der Waals surface area contributed by atoms with Crippen molar-refractivity contribution in [2.45, 2.75) is 26.0 Å². The Balaban J connectivity index is 1.68. The standard InChI is InChI=1S/C16H19NO2/c1-11-8-14(12(2)19-11)16-9-17-15(10-18-16)13-6-4-3-5-7-13/h3-8,15-17H,9-10H2,1-2H3. The van der Waals surface area contributed by atoms with Gasteiger partial charge in [-0.15, -0.1) is 0 Å². The quantitative estimate of drug-likeness (QED) is 0.896. The molecule has 1 fully saturated rings. The van der Waals surface area contributed by atoms with Crippen molar-refractivity contribution in [1.82, 2.24) is 5.32 Å². The highest BCUT2D eigenvalue weighted by molar-refractivity contribution is 5.25. The summed E-state index contributed by atoms with van der Waals surface area (Å²) in [6, 6.07) is 12.8. The first-order valence-electron chi connectivity index (χ1n) is 6.71. The van der Waals surface area contributed by atoms with Gasteiger partial charge < -0.3 is 14.5 Å². The van der Waals surface area contributed by atoms with E-state index in [1.54, 1.807) is 0 Å². The minimum absolute atomic E-state index is 0.0948. The molecule has 2 heterocycles. The third-order valence-electron chi connectivity index (χ3n) is 3.64. The number of aryl methyl sites for hydroxylation is 2. The van der Waals surface area contributed by atoms with E-state index in [4.69, 9.17) is 9.15 Å². The molecule has 3 rings (SSSR count). The molecule has 1 saturated heterocycles. The molecular weight excluding hydrogens is 238 g/mol. The first kappa shape index (κ1) is 12.5. The van der Waals surface area contributed by atoms with Gasteiger partial charge in [0, 0.05) is 12.1 Å². The molecule has 0 saturated carbocycles. The van der Waals surface area contributed by atoms with E-state index in [0.717, 1.165) is 23.6 Å². The van der Waals surface area contributed by atoms with E-state index in [2.05, 4.69) is 35.6 Å². The Bertz CT molecular complexity index is 539. The maximum Gasteiger partial charge on any atom is 0.106 e. The highest BCUT2D eigenvalue weighted by Gasteiger charge is 2.25. The summed E-state index contributed by atoms with van der Waals surface area (Å²) in [7, 11) is 0. The monoisotopic (exact) mass is 257 g/mol. The molecule has 3 heteroatoms. The summed E-state index contributed by atoms with van der Waals surface area (Å²) in [6.07, 6.45) is 0.0948. The van der Waals surface area contributed by atoms with Crippen LogP contribution in [0.4, 0.5) is 0 Å². The number of hydrogen-bond acceptors (Lipinski definition) is 3. The molecule has 19 heavy (non-hydrogen) atoms. The molecule has 1 N–H and O–H groups in total. The van der Waals surface area contributed by atoms with E-state index >= 15 is 0 Å². The first-order chi connectivity index (χ1) is 9.24. The second-order valence-corrected chi connectivity index (χ2v) is 5.06. The van der Waals surface area contributed by atoms with Gasteiger partial charge >= 0.3 is 0 Å². The van der Waals surface area contributed by atoms with Crippen molar-refractivity contribution in [1.29, 1.82) is 0 Å². The molecule has 0 spiro atoms. The minimum atomic E-state index is 0.0948. The third-order valence-corrected chi connectivity index (χ3v) is 3.64. The fourth-order valence-electron chi connectivity index (χ4n) is 2.65. The molecule has 100 valence electrons. The van der Waals surface area contributed by atoms with Crippen molar-refractivity contribution in [3.63, 3.8) is 0 Å². The summed E-state index contributed by atoms with van der Waals surface area (Å²) in [6.45, 7) is 5.48. The fraction of sp³-hybridized carbons (Fsp3) is 0.375. The molecule has 1 aliphatic rings. The van der Waals surface area contributed by atoms with Crippen molar-refractivity contribution in [3.8, 4) is 0 Å². The Labute approximate surface area is 113 Å². The second kappa shape index (κ2) is 5.19. The lowest BCUT2D eigenvalue weighted by molar-refractivity contribution is 0.00164. The van der Waals surface area contributed by atoms with Gasteiger partial charge in [0.1, 0.15) is 11.5 Å². The summed E-state index contributed by atoms with van der Waals surface area (Å²) in [5, 5.41) is 3.55. The SMILES string of the molecule is Cc1cc(C2CNC(c3ccccc3)CO2)c(C)o1. The predicted octanol–water partition coefficient (Wildman–Crippen LogP) is 3.30. The average molecular weight is 257 g/mol. The van der Waals surface area contributed by atoms with Crippen LogP contribution in [-0.4, -0.2) is 13.2 Å². The van der Waals surface area contributed by atoms with Gasteiger partial charge in [0.25, 0.3) is 0 Å². The second-order valence-electron chi connectivity index (χ2n) is 5.06. The Morgan fingerprint density at radius 1 is 1.16 bits per heavy atom. The first-order valence-corrected chi connectivity index (χ1v) is 6.71. The van der Waals surface area contributed by atoms with Gasteiger partial charge in [0.15, 0.2) is 0 Å². The molecule has 1 aliphatic heterocycles. The number of benzene rings is 1. The van der Waals surface area contributed by atoms with Gasteiger partial charge in [0.05, 0.1) is 18.8 Å². The smallest absolute Gasteiger partial charge is 0.106 e. The van der Waals surface area contributed by atoms with Crippen LogP contribution in [0.2, 0.25) is 0 Å². The molecule has 0 amide bonds. The van der Waals surface area contributed by atoms with Crippen LogP contribution in [-0.2, 0) is 4.74 Å². The normalized spacial score (nSPS) is 23.5. The molecular formula is C16H19NO2. The summed E-state index contributed by atoms with van der Waals surface area (Å²) < 4.78 is 11.6. The molecule has 0 radical (unpaired) electrons. The molecule has 3 nitrogen and oxygen atoms in total. The third kappa shape index (κ3) is 2.57. The molecule has 1 aromatic heterocycles. The van der Waals surface area contributed by atoms with Gasteiger partial charge in [-0.25, -0.2) is 0 Å². The number of furan rings is 1. The Hall–Kier alpha value is -1.58. The lowest BCUT2D eigenvalue weighted by Crippen LogP contribution is -2.36. The molecule has 0 aliphatic carbocycles. The van der Waals surface area contributed by atoms with Gasteiger partial charge in [-0.2, -0.15) is 0 Å². The topological polar surface area (TPSA) is 34.4 Å². The largest absolute Gasteiger partial charge is 0.466 e. The zero-order chi connectivity index (χ0) is 13.2. The lowest BCUT2D eigenvalue weighted by Gasteiger charge is -2.30. The van der Waals surface area contributed by atoms with E-state index in [1.807, 2.05) is 19.9 Å². The maximum absolute atomic E-state index is 6.00. The molecule has 2 unspecified atom stereocenters. The molecule has 2 aromatic rings. The van der Waals surface area contributed by atoms with E-state index in [9.17, 15) is 0 Å². The van der Waals surface area contributed by atoms with Crippen LogP contribution in [0.1, 0.15) is 34.8 Å². The number of ether oxygens (including phenoxy) is 1. The Morgan fingerprint density at radius 2 is 1.95 bits per heavy atom. The van der Waals surface area contributed by atoms with Crippen LogP contribution in [0.25, 0.3) is 0 Å². The van der Waals surface area contributed by atoms with Gasteiger partial charge in [0.2, 0.25) is 0 Å². The summed E-state index contributed by atoms with van der Waals surface area (Å²) in [5.41, 5.74) is 2.44. The number of nitrogens with one attached hydrogen (secondary N) is 1. The highest BCUT2D eigenvalue weighted by atomic mass is 16.5. The maximum atomic E-state index is 6.00. The van der Waals surface area contributed by atoms with E-state index in [1.165, 1.54) is 5.56 Å². The van der Waals surface area contributed by atoms with Crippen molar-refractivity contribution in [2.75, 3.05) is 13.2 Å². The lowest BCUT2D eigenvalue weighted by atomic mass is 10.0. The van der Waals surface area contributed by atoms with E-state index in [-0.39, 0.29) is 12.1 Å². The van der Waals surface area contributed by atoms with Gasteiger partial charge in [-0.05, 0) is 25.5 Å². The van der Waals surface area contributed by atoms with Gasteiger partial charge in [-0.3, -0.25) is 0 Å². The fourth-order valence-corrected chi connectivity index (χ4v) is 2.65. The highest BCUT2D eigenvalue weighted by Crippen LogP contribution is 2.29. The summed E-state index contributed by atoms with van der Waals surface area (Å²) in [4.78, 5) is 0. The number of hydrogen-bond donors (Lipinski definition) is 1. The molecule has 2 atom stereocenters. The van der Waals surface area contributed by atoms with E-state index < -0.39 is 0 Å². The summed E-state index contributed by atoms with van der Waals surface area (Å²) >= 11 is 0. The van der Waals surface area contributed by atoms with Crippen molar-refractivity contribution in [3.05, 3.63) is 59.0 Å². The summed E-state index contributed by atoms with van der Waals surface area (Å²) in [5.74, 6) is 1.91. The van der Waals surface area contributed by atoms with Crippen LogP contribution >= 0.6 is 0 Å².